The molecule has 9 heteroatoms. The molecule has 1 nitrogen and oxygen atoms in total. The topological polar surface area (TPSA) is 9.23 Å². The lowest BCUT2D eigenvalue weighted by atomic mass is 9.76. The third-order valence-corrected chi connectivity index (χ3v) is 9.60. The van der Waals surface area contributed by atoms with E-state index in [4.69, 9.17) is 4.74 Å². The fourth-order valence-electron chi connectivity index (χ4n) is 6.88. The quantitative estimate of drug-likeness (QED) is 0.157. The molecular formula is C37H38F8O. The van der Waals surface area contributed by atoms with Crippen LogP contribution in [0.1, 0.15) is 123 Å². The first-order valence-electron chi connectivity index (χ1n) is 16.1. The summed E-state index contributed by atoms with van der Waals surface area (Å²) in [5.74, 6) is -6.86. The van der Waals surface area contributed by atoms with Crippen LogP contribution in [0.15, 0.2) is 60.4 Å². The Bertz CT molecular complexity index is 1490. The summed E-state index contributed by atoms with van der Waals surface area (Å²) >= 11 is 0. The van der Waals surface area contributed by atoms with Gasteiger partial charge in [0.2, 0.25) is 0 Å². The van der Waals surface area contributed by atoms with Gasteiger partial charge in [-0.25, -0.2) is 26.3 Å². The fraction of sp³-hybridized carbons (Fsp3) is 0.459. The smallest absolute Gasteiger partial charge is 0.313 e. The molecule has 0 heterocycles. The lowest BCUT2D eigenvalue weighted by Gasteiger charge is -2.32. The summed E-state index contributed by atoms with van der Waals surface area (Å²) in [5, 5.41) is 0. The maximum atomic E-state index is 15.1. The Hall–Kier alpha value is -3.20. The predicted octanol–water partition coefficient (Wildman–Crippen LogP) is 12.3. The van der Waals surface area contributed by atoms with E-state index in [9.17, 15) is 22.0 Å². The average molecular weight is 651 g/mol. The minimum absolute atomic E-state index is 0.00179. The van der Waals surface area contributed by atoms with Crippen LogP contribution < -0.4 is 0 Å². The molecule has 0 amide bonds. The predicted molar refractivity (Wildman–Crippen MR) is 162 cm³/mol. The number of ether oxygens (including phenoxy) is 1. The van der Waals surface area contributed by atoms with Crippen LogP contribution >= 0.6 is 0 Å². The Labute approximate surface area is 264 Å². The third-order valence-electron chi connectivity index (χ3n) is 9.60. The summed E-state index contributed by atoms with van der Waals surface area (Å²) in [6, 6.07) is 12.4. The van der Waals surface area contributed by atoms with Crippen molar-refractivity contribution in [2.24, 2.45) is 0 Å². The number of rotatable bonds is 10. The van der Waals surface area contributed by atoms with Crippen molar-refractivity contribution < 1.29 is 39.9 Å². The van der Waals surface area contributed by atoms with Crippen molar-refractivity contribution in [3.63, 3.8) is 0 Å². The summed E-state index contributed by atoms with van der Waals surface area (Å²) in [6.45, 7) is 1.92. The number of allylic oxidation sites excluding steroid dienone is 1. The van der Waals surface area contributed by atoms with Gasteiger partial charge in [0.05, 0.1) is 11.7 Å². The van der Waals surface area contributed by atoms with E-state index in [1.165, 1.54) is 6.07 Å². The minimum Gasteiger partial charge on any atom is -0.313 e. The zero-order chi connectivity index (χ0) is 33.0. The Morgan fingerprint density at radius 2 is 1.17 bits per heavy atom. The van der Waals surface area contributed by atoms with Gasteiger partial charge >= 0.3 is 6.11 Å². The molecule has 2 fully saturated rings. The molecule has 3 aromatic rings. The molecule has 0 aliphatic heterocycles. The van der Waals surface area contributed by atoms with E-state index in [1.807, 2.05) is 19.1 Å². The second-order valence-electron chi connectivity index (χ2n) is 12.6. The molecule has 248 valence electrons. The Morgan fingerprint density at radius 3 is 1.74 bits per heavy atom. The van der Waals surface area contributed by atoms with Gasteiger partial charge in [0.25, 0.3) is 0 Å². The van der Waals surface area contributed by atoms with Crippen molar-refractivity contribution in [2.45, 2.75) is 108 Å². The van der Waals surface area contributed by atoms with Gasteiger partial charge in [-0.15, -0.1) is 0 Å². The van der Waals surface area contributed by atoms with Gasteiger partial charge in [0, 0.05) is 12.0 Å². The number of hydrogen-bond donors (Lipinski definition) is 0. The molecule has 0 bridgehead atoms. The molecule has 46 heavy (non-hydrogen) atoms. The van der Waals surface area contributed by atoms with E-state index in [0.717, 1.165) is 61.9 Å². The van der Waals surface area contributed by atoms with Crippen molar-refractivity contribution in [1.82, 2.24) is 0 Å². The number of halogens is 8. The second kappa shape index (κ2) is 14.7. The van der Waals surface area contributed by atoms with Crippen LogP contribution in [0.2, 0.25) is 0 Å². The van der Waals surface area contributed by atoms with Crippen LogP contribution in [0, 0.1) is 23.3 Å². The zero-order valence-electron chi connectivity index (χ0n) is 25.7. The standard InChI is InChI=1S/C37H38F8O/c1-2-3-4-31(38)35(42)26-11-9-23(10-12-26)22-5-7-24(8-6-22)27-15-18-30(32(39)19-27)37(44,45)46-29-16-13-25(14-17-29)28-20-33(40)36(43)34(41)21-28/h9-12,15,18-22,24-25,29H,2-8,13-14,16-17H2,1H3. The van der Waals surface area contributed by atoms with E-state index >= 15 is 13.2 Å². The summed E-state index contributed by atoms with van der Waals surface area (Å²) in [4.78, 5) is 0. The fourth-order valence-corrected chi connectivity index (χ4v) is 6.88. The van der Waals surface area contributed by atoms with Crippen LogP contribution in [0.25, 0.3) is 5.83 Å². The molecule has 0 saturated heterocycles. The first kappa shape index (κ1) is 34.1. The van der Waals surface area contributed by atoms with E-state index < -0.39 is 52.7 Å². The summed E-state index contributed by atoms with van der Waals surface area (Å²) < 4.78 is 119. The van der Waals surface area contributed by atoms with Gasteiger partial charge in [-0.05, 0) is 116 Å². The molecule has 2 saturated carbocycles. The van der Waals surface area contributed by atoms with Gasteiger partial charge < -0.3 is 4.74 Å². The van der Waals surface area contributed by atoms with Crippen LogP contribution in [-0.2, 0) is 10.8 Å². The van der Waals surface area contributed by atoms with Crippen molar-refractivity contribution >= 4 is 5.83 Å². The van der Waals surface area contributed by atoms with Crippen LogP contribution in [0.5, 0.6) is 0 Å². The van der Waals surface area contributed by atoms with E-state index in [0.29, 0.717) is 24.8 Å². The summed E-state index contributed by atoms with van der Waals surface area (Å²) in [7, 11) is 0. The molecule has 2 aliphatic carbocycles. The highest BCUT2D eigenvalue weighted by molar-refractivity contribution is 5.61. The first-order valence-corrected chi connectivity index (χ1v) is 16.1. The molecule has 2 aliphatic rings. The van der Waals surface area contributed by atoms with Crippen LogP contribution in [0.4, 0.5) is 35.1 Å². The van der Waals surface area contributed by atoms with Crippen LogP contribution in [-0.4, -0.2) is 6.10 Å². The van der Waals surface area contributed by atoms with Crippen molar-refractivity contribution in [2.75, 3.05) is 0 Å². The van der Waals surface area contributed by atoms with Gasteiger partial charge in [0.1, 0.15) is 11.6 Å². The molecular weight excluding hydrogens is 612 g/mol. The van der Waals surface area contributed by atoms with E-state index in [1.54, 1.807) is 12.1 Å². The van der Waals surface area contributed by atoms with Gasteiger partial charge in [0.15, 0.2) is 23.3 Å². The van der Waals surface area contributed by atoms with Crippen molar-refractivity contribution in [1.29, 1.82) is 0 Å². The normalized spacial score (nSPS) is 22.9. The van der Waals surface area contributed by atoms with E-state index in [2.05, 4.69) is 0 Å². The maximum Gasteiger partial charge on any atom is 0.386 e. The molecule has 3 aromatic carbocycles. The number of hydrogen-bond acceptors (Lipinski definition) is 1. The molecule has 0 unspecified atom stereocenters. The third kappa shape index (κ3) is 7.84. The zero-order valence-corrected chi connectivity index (χ0v) is 25.7. The SMILES string of the molecule is CCCCC(F)=C(F)c1ccc(C2CCC(c3ccc(C(F)(F)OC4CCC(c5cc(F)c(F)c(F)c5)CC4)c(F)c3)CC2)cc1. The number of unbranched alkanes of at least 4 members (excludes halogenated alkanes) is 1. The Kier molecular flexibility index (Phi) is 10.9. The Balaban J connectivity index is 1.15. The lowest BCUT2D eigenvalue weighted by Crippen LogP contribution is -2.30. The first-order chi connectivity index (χ1) is 22.0. The molecule has 5 rings (SSSR count). The van der Waals surface area contributed by atoms with Crippen LogP contribution in [0.3, 0.4) is 0 Å². The van der Waals surface area contributed by atoms with Gasteiger partial charge in [-0.3, -0.25) is 0 Å². The summed E-state index contributed by atoms with van der Waals surface area (Å²) in [5.41, 5.74) is 1.30. The largest absolute Gasteiger partial charge is 0.386 e. The second-order valence-corrected chi connectivity index (χ2v) is 12.6. The molecule has 0 radical (unpaired) electrons. The molecule has 0 aromatic heterocycles. The molecule has 0 N–H and O–H groups in total. The van der Waals surface area contributed by atoms with Gasteiger partial charge in [-0.1, -0.05) is 43.7 Å². The number of benzene rings is 3. The van der Waals surface area contributed by atoms with Crippen molar-refractivity contribution in [3.8, 4) is 0 Å². The number of alkyl halides is 2. The Morgan fingerprint density at radius 1 is 0.674 bits per heavy atom. The summed E-state index contributed by atoms with van der Waals surface area (Å²) in [6.07, 6.45) is 0.690. The van der Waals surface area contributed by atoms with Crippen molar-refractivity contribution in [3.05, 3.63) is 112 Å². The minimum atomic E-state index is -3.87. The monoisotopic (exact) mass is 650 g/mol. The lowest BCUT2D eigenvalue weighted by molar-refractivity contribution is -0.278. The highest BCUT2D eigenvalue weighted by atomic mass is 19.3. The highest BCUT2D eigenvalue weighted by Crippen LogP contribution is 2.43. The maximum absolute atomic E-state index is 15.1. The average Bonchev–Trinajstić information content (AvgIpc) is 3.05. The molecule has 0 atom stereocenters. The van der Waals surface area contributed by atoms with E-state index in [-0.39, 0.29) is 48.1 Å². The highest BCUT2D eigenvalue weighted by Gasteiger charge is 2.40. The molecule has 0 spiro atoms. The van der Waals surface area contributed by atoms with Gasteiger partial charge in [-0.2, -0.15) is 8.78 Å².